The Balaban J connectivity index is 2.14. The summed E-state index contributed by atoms with van der Waals surface area (Å²) in [5.41, 5.74) is 2.86. The summed E-state index contributed by atoms with van der Waals surface area (Å²) in [4.78, 5) is 29.2. The van der Waals surface area contributed by atoms with Crippen molar-refractivity contribution in [1.29, 1.82) is 0 Å². The number of hydrogen-bond acceptors (Lipinski definition) is 4. The van der Waals surface area contributed by atoms with Crippen LogP contribution in [0.15, 0.2) is 65.6 Å². The van der Waals surface area contributed by atoms with Crippen LogP contribution in [0.4, 0.5) is 5.69 Å². The lowest BCUT2D eigenvalue weighted by molar-refractivity contribution is -0.141. The molecule has 0 heterocycles. The largest absolute Gasteiger partial charge is 0.350 e. The lowest BCUT2D eigenvalue weighted by Gasteiger charge is -2.35. The molecule has 3 rings (SSSR count). The molecule has 7 nitrogen and oxygen atoms in total. The van der Waals surface area contributed by atoms with Crippen molar-refractivity contribution in [1.82, 2.24) is 10.2 Å². The van der Waals surface area contributed by atoms with Crippen molar-refractivity contribution >= 4 is 50.7 Å². The van der Waals surface area contributed by atoms with Gasteiger partial charge in [-0.2, -0.15) is 0 Å². The Morgan fingerprint density at radius 2 is 1.52 bits per heavy atom. The van der Waals surface area contributed by atoms with Gasteiger partial charge in [0.25, 0.3) is 10.0 Å². The number of nitrogens with zero attached hydrogens (tertiary/aromatic N) is 2. The molecule has 0 bridgehead atoms. The number of aryl methyl sites for hydroxylation is 3. The Bertz CT molecular complexity index is 1550. The van der Waals surface area contributed by atoms with Crippen LogP contribution in [0.2, 0.25) is 10.0 Å². The van der Waals surface area contributed by atoms with E-state index in [0.29, 0.717) is 33.3 Å². The maximum absolute atomic E-state index is 14.3. The second-order valence-corrected chi connectivity index (χ2v) is 14.2. The van der Waals surface area contributed by atoms with Crippen LogP contribution in [0.3, 0.4) is 0 Å². The molecule has 0 aliphatic carbocycles. The van der Waals surface area contributed by atoms with Gasteiger partial charge < -0.3 is 10.2 Å². The van der Waals surface area contributed by atoms with E-state index >= 15 is 0 Å². The minimum Gasteiger partial charge on any atom is -0.350 e. The summed E-state index contributed by atoms with van der Waals surface area (Å²) in [5.74, 6) is -0.892. The molecule has 42 heavy (non-hydrogen) atoms. The Morgan fingerprint density at radius 3 is 2.10 bits per heavy atom. The first-order valence-corrected chi connectivity index (χ1v) is 15.9. The number of benzene rings is 3. The monoisotopic (exact) mass is 631 g/mol. The Kier molecular flexibility index (Phi) is 10.7. The van der Waals surface area contributed by atoms with Crippen molar-refractivity contribution in [3.05, 3.63) is 93.0 Å². The van der Waals surface area contributed by atoms with Crippen LogP contribution >= 0.6 is 23.2 Å². The van der Waals surface area contributed by atoms with Gasteiger partial charge >= 0.3 is 0 Å². The quantitative estimate of drug-likeness (QED) is 0.265. The number of nitrogens with one attached hydrogen (secondary N) is 1. The number of sulfonamides is 1. The number of carbonyl (C=O) groups excluding carboxylic acids is 2. The molecule has 0 unspecified atom stereocenters. The SMILES string of the molecule is CC[C@@H](C(=O)NC(C)(C)C)N(Cc1ccc(Cl)cc1Cl)C(=O)CN(c1cc(C)ccc1C)S(=O)(=O)c1ccc(C)cc1. The zero-order chi connectivity index (χ0) is 31.4. The molecule has 0 radical (unpaired) electrons. The summed E-state index contributed by atoms with van der Waals surface area (Å²) in [5, 5.41) is 3.73. The number of amides is 2. The fourth-order valence-electron chi connectivity index (χ4n) is 4.54. The molecular formula is C32H39Cl2N3O4S. The molecule has 226 valence electrons. The maximum Gasteiger partial charge on any atom is 0.264 e. The van der Waals surface area contributed by atoms with E-state index in [9.17, 15) is 18.0 Å². The normalized spacial score (nSPS) is 12.5. The van der Waals surface area contributed by atoms with Crippen LogP contribution < -0.4 is 9.62 Å². The standard InChI is InChI=1S/C32H39Cl2N3O4S/c1-8-28(31(39)35-32(5,6)7)36(19-24-13-14-25(33)18-27(24)34)30(38)20-37(29-17-22(3)9-12-23(29)4)42(40,41)26-15-10-21(2)11-16-26/h9-18,28H,8,19-20H2,1-7H3,(H,35,39)/t28-/m0/s1. The minimum atomic E-state index is -4.17. The average molecular weight is 633 g/mol. The minimum absolute atomic E-state index is 0.0177. The van der Waals surface area contributed by atoms with Gasteiger partial charge in [-0.05, 0) is 95.0 Å². The van der Waals surface area contributed by atoms with Crippen molar-refractivity contribution in [2.75, 3.05) is 10.8 Å². The molecule has 0 saturated carbocycles. The van der Waals surface area contributed by atoms with Crippen molar-refractivity contribution in [2.24, 2.45) is 0 Å². The predicted molar refractivity (Wildman–Crippen MR) is 171 cm³/mol. The highest BCUT2D eigenvalue weighted by Crippen LogP contribution is 2.30. The van der Waals surface area contributed by atoms with Gasteiger partial charge in [0, 0.05) is 22.1 Å². The zero-order valence-electron chi connectivity index (χ0n) is 25.2. The molecule has 0 saturated heterocycles. The van der Waals surface area contributed by atoms with Crippen LogP contribution in [-0.4, -0.2) is 43.3 Å². The molecule has 0 aliphatic rings. The molecule has 1 atom stereocenters. The molecule has 2 amide bonds. The summed E-state index contributed by atoms with van der Waals surface area (Å²) >= 11 is 12.6. The zero-order valence-corrected chi connectivity index (χ0v) is 27.5. The van der Waals surface area contributed by atoms with Gasteiger partial charge in [0.15, 0.2) is 0 Å². The molecule has 0 fully saturated rings. The van der Waals surface area contributed by atoms with Gasteiger partial charge in [-0.3, -0.25) is 13.9 Å². The molecule has 3 aromatic rings. The number of hydrogen-bond donors (Lipinski definition) is 1. The first kappa shape index (κ1) is 33.4. The molecular weight excluding hydrogens is 593 g/mol. The third-order valence-corrected chi connectivity index (χ3v) is 9.12. The second-order valence-electron chi connectivity index (χ2n) is 11.5. The first-order valence-electron chi connectivity index (χ1n) is 13.8. The van der Waals surface area contributed by atoms with E-state index in [2.05, 4.69) is 5.32 Å². The van der Waals surface area contributed by atoms with Gasteiger partial charge in [-0.25, -0.2) is 8.42 Å². The second kappa shape index (κ2) is 13.5. The Hall–Kier alpha value is -3.07. The number of anilines is 1. The van der Waals surface area contributed by atoms with Crippen molar-refractivity contribution in [3.8, 4) is 0 Å². The van der Waals surface area contributed by atoms with Crippen LogP contribution in [0, 0.1) is 20.8 Å². The van der Waals surface area contributed by atoms with Gasteiger partial charge in [0.2, 0.25) is 11.8 Å². The van der Waals surface area contributed by atoms with Crippen molar-refractivity contribution in [2.45, 2.75) is 77.9 Å². The van der Waals surface area contributed by atoms with E-state index in [1.54, 1.807) is 43.3 Å². The van der Waals surface area contributed by atoms with Crippen LogP contribution in [0.5, 0.6) is 0 Å². The summed E-state index contributed by atoms with van der Waals surface area (Å²) in [6.45, 7) is 12.4. The third kappa shape index (κ3) is 8.27. The van der Waals surface area contributed by atoms with Gasteiger partial charge in [0.1, 0.15) is 12.6 Å². The van der Waals surface area contributed by atoms with E-state index in [4.69, 9.17) is 23.2 Å². The fourth-order valence-corrected chi connectivity index (χ4v) is 6.48. The van der Waals surface area contributed by atoms with Gasteiger partial charge in [-0.15, -0.1) is 0 Å². The summed E-state index contributed by atoms with van der Waals surface area (Å²) in [7, 11) is -4.17. The number of carbonyl (C=O) groups is 2. The molecule has 3 aromatic carbocycles. The van der Waals surface area contributed by atoms with E-state index in [1.165, 1.54) is 17.0 Å². The van der Waals surface area contributed by atoms with Crippen molar-refractivity contribution < 1.29 is 18.0 Å². The third-order valence-electron chi connectivity index (χ3n) is 6.76. The molecule has 1 N–H and O–H groups in total. The van der Waals surface area contributed by atoms with Crippen LogP contribution in [0.25, 0.3) is 0 Å². The smallest absolute Gasteiger partial charge is 0.264 e. The van der Waals surface area contributed by atoms with Gasteiger partial charge in [0.05, 0.1) is 10.6 Å². The van der Waals surface area contributed by atoms with E-state index in [1.807, 2.05) is 53.7 Å². The molecule has 0 aromatic heterocycles. The number of rotatable bonds is 10. The van der Waals surface area contributed by atoms with E-state index in [0.717, 1.165) is 15.4 Å². The number of halogens is 2. The van der Waals surface area contributed by atoms with Crippen LogP contribution in [-0.2, 0) is 26.2 Å². The summed E-state index contributed by atoms with van der Waals surface area (Å²) in [6.07, 6.45) is 0.299. The highest BCUT2D eigenvalue weighted by molar-refractivity contribution is 7.92. The summed E-state index contributed by atoms with van der Waals surface area (Å²) in [6, 6.07) is 16.0. The Labute approximate surface area is 259 Å². The van der Waals surface area contributed by atoms with Crippen LogP contribution in [0.1, 0.15) is 56.4 Å². The lowest BCUT2D eigenvalue weighted by Crippen LogP contribution is -2.55. The molecule has 10 heteroatoms. The highest BCUT2D eigenvalue weighted by atomic mass is 35.5. The van der Waals surface area contributed by atoms with E-state index < -0.39 is 34.1 Å². The molecule has 0 aliphatic heterocycles. The van der Waals surface area contributed by atoms with Gasteiger partial charge in [-0.1, -0.05) is 66.0 Å². The predicted octanol–water partition coefficient (Wildman–Crippen LogP) is 6.84. The average Bonchev–Trinajstić information content (AvgIpc) is 2.89. The van der Waals surface area contributed by atoms with E-state index in [-0.39, 0.29) is 17.3 Å². The topological polar surface area (TPSA) is 86.8 Å². The summed E-state index contributed by atoms with van der Waals surface area (Å²) < 4.78 is 29.4. The Morgan fingerprint density at radius 1 is 0.905 bits per heavy atom. The fraction of sp³-hybridized carbons (Fsp3) is 0.375. The molecule has 0 spiro atoms. The lowest BCUT2D eigenvalue weighted by atomic mass is 10.1. The first-order chi connectivity index (χ1) is 19.5. The van der Waals surface area contributed by atoms with Crippen molar-refractivity contribution in [3.63, 3.8) is 0 Å². The highest BCUT2D eigenvalue weighted by Gasteiger charge is 2.35. The maximum atomic E-state index is 14.3.